The molecule has 0 radical (unpaired) electrons. The van der Waals surface area contributed by atoms with Gasteiger partial charge in [0.05, 0.1) is 17.0 Å². The second-order valence-corrected chi connectivity index (χ2v) is 6.68. The van der Waals surface area contributed by atoms with Crippen molar-refractivity contribution >= 4 is 35.0 Å². The molecule has 1 saturated heterocycles. The number of aromatic carboxylic acids is 1. The van der Waals surface area contributed by atoms with Crippen molar-refractivity contribution in [3.05, 3.63) is 75.7 Å². The summed E-state index contributed by atoms with van der Waals surface area (Å²) < 4.78 is 0. The Hall–Kier alpha value is -2.86. The Morgan fingerprint density at radius 2 is 1.88 bits per heavy atom. The highest BCUT2D eigenvalue weighted by Crippen LogP contribution is 2.33. The minimum atomic E-state index is -1.04. The predicted molar refractivity (Wildman–Crippen MR) is 96.1 cm³/mol. The van der Waals surface area contributed by atoms with E-state index in [2.05, 4.69) is 0 Å². The van der Waals surface area contributed by atoms with Crippen molar-refractivity contribution < 1.29 is 19.5 Å². The van der Waals surface area contributed by atoms with Gasteiger partial charge in [0.2, 0.25) is 0 Å². The van der Waals surface area contributed by atoms with Crippen LogP contribution in [0.25, 0.3) is 6.08 Å². The van der Waals surface area contributed by atoms with E-state index in [9.17, 15) is 14.4 Å². The smallest absolute Gasteiger partial charge is 0.335 e. The molecular weight excluding hydrogens is 338 g/mol. The van der Waals surface area contributed by atoms with Crippen LogP contribution in [-0.4, -0.2) is 27.1 Å². The minimum absolute atomic E-state index is 0.132. The third-order valence-electron chi connectivity index (χ3n) is 3.77. The van der Waals surface area contributed by atoms with Gasteiger partial charge >= 0.3 is 5.97 Å². The van der Waals surface area contributed by atoms with Crippen LogP contribution in [0, 0.1) is 6.92 Å². The van der Waals surface area contributed by atoms with Crippen LogP contribution in [0.1, 0.15) is 27.0 Å². The van der Waals surface area contributed by atoms with Gasteiger partial charge in [0.1, 0.15) is 0 Å². The van der Waals surface area contributed by atoms with Crippen LogP contribution in [0.15, 0.2) is 53.4 Å². The van der Waals surface area contributed by atoms with E-state index >= 15 is 0 Å². The molecule has 126 valence electrons. The monoisotopic (exact) mass is 353 g/mol. The van der Waals surface area contributed by atoms with E-state index in [0.29, 0.717) is 10.5 Å². The Labute approximate surface area is 149 Å². The average Bonchev–Trinajstić information content (AvgIpc) is 2.84. The van der Waals surface area contributed by atoms with E-state index in [1.165, 1.54) is 17.0 Å². The molecule has 2 aromatic rings. The molecular formula is C19H15NO4S. The number of benzene rings is 2. The number of aryl methyl sites for hydroxylation is 1. The van der Waals surface area contributed by atoms with Crippen molar-refractivity contribution in [3.63, 3.8) is 0 Å². The molecule has 2 amide bonds. The quantitative estimate of drug-likeness (QED) is 0.843. The van der Waals surface area contributed by atoms with Crippen molar-refractivity contribution in [3.8, 4) is 0 Å². The van der Waals surface area contributed by atoms with Crippen LogP contribution in [0.2, 0.25) is 0 Å². The maximum atomic E-state index is 12.5. The number of carboxylic acid groups (broad SMARTS) is 1. The first-order valence-corrected chi connectivity index (χ1v) is 8.40. The molecule has 1 aliphatic rings. The molecule has 0 atom stereocenters. The van der Waals surface area contributed by atoms with Crippen LogP contribution in [-0.2, 0) is 11.3 Å². The molecule has 0 aromatic heterocycles. The average molecular weight is 353 g/mol. The Morgan fingerprint density at radius 1 is 1.16 bits per heavy atom. The number of carbonyl (C=O) groups excluding carboxylic acids is 2. The highest BCUT2D eigenvalue weighted by Gasteiger charge is 2.34. The maximum absolute atomic E-state index is 12.5. The summed E-state index contributed by atoms with van der Waals surface area (Å²) in [6.45, 7) is 2.19. The van der Waals surface area contributed by atoms with Gasteiger partial charge in [0, 0.05) is 0 Å². The summed E-state index contributed by atoms with van der Waals surface area (Å²) >= 11 is 0.864. The van der Waals surface area contributed by atoms with Crippen molar-refractivity contribution in [2.75, 3.05) is 0 Å². The van der Waals surface area contributed by atoms with Gasteiger partial charge < -0.3 is 5.11 Å². The van der Waals surface area contributed by atoms with E-state index < -0.39 is 5.97 Å². The van der Waals surface area contributed by atoms with Gasteiger partial charge in [0.15, 0.2) is 0 Å². The highest BCUT2D eigenvalue weighted by atomic mass is 32.2. The Balaban J connectivity index is 1.82. The number of hydrogen-bond donors (Lipinski definition) is 1. The molecule has 6 heteroatoms. The Kier molecular flexibility index (Phi) is 4.72. The van der Waals surface area contributed by atoms with Crippen LogP contribution >= 0.6 is 11.8 Å². The number of carbonyl (C=O) groups is 3. The van der Waals surface area contributed by atoms with Crippen molar-refractivity contribution in [2.45, 2.75) is 13.5 Å². The van der Waals surface area contributed by atoms with Gasteiger partial charge in [-0.2, -0.15) is 0 Å². The van der Waals surface area contributed by atoms with E-state index in [-0.39, 0.29) is 23.3 Å². The second-order valence-electron chi connectivity index (χ2n) is 5.68. The van der Waals surface area contributed by atoms with E-state index in [4.69, 9.17) is 5.11 Å². The van der Waals surface area contributed by atoms with Crippen molar-refractivity contribution in [1.82, 2.24) is 4.90 Å². The number of rotatable bonds is 4. The lowest BCUT2D eigenvalue weighted by Crippen LogP contribution is -2.27. The fraction of sp³-hybridized carbons (Fsp3) is 0.105. The fourth-order valence-electron chi connectivity index (χ4n) is 2.43. The zero-order chi connectivity index (χ0) is 18.0. The molecule has 0 bridgehead atoms. The molecule has 25 heavy (non-hydrogen) atoms. The van der Waals surface area contributed by atoms with Gasteiger partial charge in [-0.25, -0.2) is 4.79 Å². The summed E-state index contributed by atoms with van der Waals surface area (Å²) in [6.07, 6.45) is 1.55. The first kappa shape index (κ1) is 17.0. The molecule has 2 aromatic carbocycles. The number of imide groups is 1. The van der Waals surface area contributed by atoms with Gasteiger partial charge in [-0.05, 0) is 48.0 Å². The first-order chi connectivity index (χ1) is 11.9. The molecule has 0 saturated carbocycles. The zero-order valence-corrected chi connectivity index (χ0v) is 14.2. The highest BCUT2D eigenvalue weighted by molar-refractivity contribution is 8.18. The number of nitrogens with zero attached hydrogens (tertiary/aromatic N) is 1. The molecule has 0 unspecified atom stereocenters. The summed E-state index contributed by atoms with van der Waals surface area (Å²) in [5.74, 6) is -1.40. The molecule has 0 aliphatic carbocycles. The van der Waals surface area contributed by atoms with Gasteiger partial charge in [-0.3, -0.25) is 14.5 Å². The Morgan fingerprint density at radius 3 is 2.56 bits per heavy atom. The van der Waals surface area contributed by atoms with Gasteiger partial charge in [-0.1, -0.05) is 42.0 Å². The number of thioether (sulfide) groups is 1. The van der Waals surface area contributed by atoms with Crippen LogP contribution in [0.5, 0.6) is 0 Å². The molecule has 1 heterocycles. The van der Waals surface area contributed by atoms with Crippen LogP contribution < -0.4 is 0 Å². The second kappa shape index (κ2) is 6.94. The summed E-state index contributed by atoms with van der Waals surface area (Å²) in [4.78, 5) is 37.2. The summed E-state index contributed by atoms with van der Waals surface area (Å²) in [5.41, 5.74) is 2.69. The predicted octanol–water partition coefficient (Wildman–Crippen LogP) is 3.93. The van der Waals surface area contributed by atoms with E-state index in [1.54, 1.807) is 18.2 Å². The van der Waals surface area contributed by atoms with E-state index in [0.717, 1.165) is 22.9 Å². The SMILES string of the molecule is Cc1ccc(CN2C(=O)S/C(=C\c3cccc(C(=O)O)c3)C2=O)cc1. The molecule has 1 fully saturated rings. The topological polar surface area (TPSA) is 74.7 Å². The molecule has 5 nitrogen and oxygen atoms in total. The number of carboxylic acids is 1. The van der Waals surface area contributed by atoms with Crippen LogP contribution in [0.3, 0.4) is 0 Å². The molecule has 0 spiro atoms. The summed E-state index contributed by atoms with van der Waals surface area (Å²) in [5, 5.41) is 8.71. The third-order valence-corrected chi connectivity index (χ3v) is 4.67. The minimum Gasteiger partial charge on any atom is -0.478 e. The normalized spacial score (nSPS) is 15.9. The lowest BCUT2D eigenvalue weighted by atomic mass is 10.1. The number of amides is 2. The standard InChI is InChI=1S/C19H15NO4S/c1-12-5-7-13(8-6-12)11-20-17(21)16(25-19(20)24)10-14-3-2-4-15(9-14)18(22)23/h2-10H,11H2,1H3,(H,22,23)/b16-10-. The molecule has 1 aliphatic heterocycles. The van der Waals surface area contributed by atoms with Gasteiger partial charge in [-0.15, -0.1) is 0 Å². The third kappa shape index (κ3) is 3.80. The van der Waals surface area contributed by atoms with Crippen molar-refractivity contribution in [2.24, 2.45) is 0 Å². The van der Waals surface area contributed by atoms with Crippen molar-refractivity contribution in [1.29, 1.82) is 0 Å². The first-order valence-electron chi connectivity index (χ1n) is 7.58. The molecule has 1 N–H and O–H groups in total. The maximum Gasteiger partial charge on any atom is 0.335 e. The van der Waals surface area contributed by atoms with E-state index in [1.807, 2.05) is 31.2 Å². The number of hydrogen-bond acceptors (Lipinski definition) is 4. The van der Waals surface area contributed by atoms with Crippen LogP contribution in [0.4, 0.5) is 4.79 Å². The lowest BCUT2D eigenvalue weighted by Gasteiger charge is -2.12. The Bertz CT molecular complexity index is 887. The molecule has 3 rings (SSSR count). The summed E-state index contributed by atoms with van der Waals surface area (Å²) in [7, 11) is 0. The summed E-state index contributed by atoms with van der Waals surface area (Å²) in [6, 6.07) is 13.9. The lowest BCUT2D eigenvalue weighted by molar-refractivity contribution is -0.123. The zero-order valence-electron chi connectivity index (χ0n) is 13.4. The van der Waals surface area contributed by atoms with Gasteiger partial charge in [0.25, 0.3) is 11.1 Å². The largest absolute Gasteiger partial charge is 0.478 e. The fourth-order valence-corrected chi connectivity index (χ4v) is 3.26.